The second-order valence-corrected chi connectivity index (χ2v) is 9.38. The summed E-state index contributed by atoms with van der Waals surface area (Å²) >= 11 is 3.06. The molecule has 3 N–H and O–H groups in total. The van der Waals surface area contributed by atoms with Crippen molar-refractivity contribution in [1.29, 1.82) is 0 Å². The first-order chi connectivity index (χ1) is 12.4. The third-order valence-corrected chi connectivity index (χ3v) is 7.33. The molecule has 2 unspecified atom stereocenters. The van der Waals surface area contributed by atoms with Gasteiger partial charge in [-0.3, -0.25) is 9.59 Å². The number of halogens is 1. The van der Waals surface area contributed by atoms with Crippen molar-refractivity contribution in [3.63, 3.8) is 0 Å². The monoisotopic (exact) mass is 430 g/mol. The van der Waals surface area contributed by atoms with Crippen LogP contribution in [-0.2, 0) is 10.5 Å². The van der Waals surface area contributed by atoms with E-state index >= 15 is 0 Å². The number of thioether (sulfide) groups is 1. The van der Waals surface area contributed by atoms with Gasteiger partial charge in [0.05, 0.1) is 16.4 Å². The van der Waals surface area contributed by atoms with Crippen LogP contribution in [0.25, 0.3) is 10.2 Å². The van der Waals surface area contributed by atoms with Crippen LogP contribution in [0.2, 0.25) is 0 Å². The van der Waals surface area contributed by atoms with Crippen LogP contribution in [0.4, 0.5) is 0 Å². The Balaban J connectivity index is 0.00000261. The minimum absolute atomic E-state index is 0. The van der Waals surface area contributed by atoms with Gasteiger partial charge in [0, 0.05) is 24.0 Å². The minimum Gasteiger partial charge on any atom is -0.337 e. The molecule has 1 aliphatic heterocycles. The number of hydrogen-bond acceptors (Lipinski definition) is 6. The second kappa shape index (κ2) is 9.41. The van der Waals surface area contributed by atoms with Crippen molar-refractivity contribution in [1.82, 2.24) is 14.9 Å². The minimum atomic E-state index is -0.185. The van der Waals surface area contributed by atoms with E-state index in [-0.39, 0.29) is 35.2 Å². The van der Waals surface area contributed by atoms with Crippen molar-refractivity contribution < 1.29 is 4.79 Å². The number of piperidine rings is 1. The number of fused-ring (bicyclic) bond motifs is 1. The number of nitrogens with zero attached hydrogens (tertiary/aromatic N) is 2. The first-order valence-electron chi connectivity index (χ1n) is 9.03. The summed E-state index contributed by atoms with van der Waals surface area (Å²) in [5.41, 5.74) is 6.74. The molecule has 0 spiro atoms. The number of carbonyl (C=O) groups excluding carboxylic acids is 1. The van der Waals surface area contributed by atoms with Crippen LogP contribution in [0.5, 0.6) is 0 Å². The maximum Gasteiger partial charge on any atom is 0.259 e. The fraction of sp³-hybridized carbons (Fsp3) is 0.611. The van der Waals surface area contributed by atoms with Crippen LogP contribution < -0.4 is 11.3 Å². The van der Waals surface area contributed by atoms with Crippen molar-refractivity contribution in [3.05, 3.63) is 26.6 Å². The molecule has 150 valence electrons. The number of nitrogens with one attached hydrogen (secondary N) is 1. The van der Waals surface area contributed by atoms with Crippen LogP contribution in [-0.4, -0.2) is 45.2 Å². The molecule has 2 aromatic heterocycles. The van der Waals surface area contributed by atoms with Crippen LogP contribution in [0.3, 0.4) is 0 Å². The lowest BCUT2D eigenvalue weighted by atomic mass is 10.0. The summed E-state index contributed by atoms with van der Waals surface area (Å²) in [5, 5.41) is 0.499. The lowest BCUT2D eigenvalue weighted by Crippen LogP contribution is -2.49. The normalized spacial score (nSPS) is 18.4. The number of thiophene rings is 1. The van der Waals surface area contributed by atoms with Crippen LogP contribution in [0.15, 0.2) is 4.79 Å². The number of aromatic nitrogens is 2. The third kappa shape index (κ3) is 4.67. The van der Waals surface area contributed by atoms with Gasteiger partial charge in [0.25, 0.3) is 5.56 Å². The number of aryl methyl sites for hydroxylation is 2. The standard InChI is InChI=1S/C18H26N4O2S2.ClH/c1-10-11(2)26-17-15(10)16(23)20-14(21-17)9-25-12(3)18(24)22-7-5-4-6-13(22)8-19;/h12-13H,4-9,19H2,1-3H3,(H,20,21,23);1H. The molecule has 9 heteroatoms. The Morgan fingerprint density at radius 3 is 2.89 bits per heavy atom. The third-order valence-electron chi connectivity index (χ3n) is 5.09. The predicted octanol–water partition coefficient (Wildman–Crippen LogP) is 2.98. The Morgan fingerprint density at radius 1 is 1.44 bits per heavy atom. The van der Waals surface area contributed by atoms with E-state index in [1.165, 1.54) is 11.8 Å². The highest BCUT2D eigenvalue weighted by Gasteiger charge is 2.29. The van der Waals surface area contributed by atoms with Crippen molar-refractivity contribution in [2.75, 3.05) is 13.1 Å². The number of hydrogen-bond donors (Lipinski definition) is 2. The lowest BCUT2D eigenvalue weighted by molar-refractivity contribution is -0.133. The molecule has 0 saturated carbocycles. The zero-order chi connectivity index (χ0) is 18.8. The zero-order valence-corrected chi connectivity index (χ0v) is 18.4. The molecule has 0 radical (unpaired) electrons. The van der Waals surface area contributed by atoms with Gasteiger partial charge >= 0.3 is 0 Å². The lowest BCUT2D eigenvalue weighted by Gasteiger charge is -2.36. The van der Waals surface area contributed by atoms with E-state index in [0.29, 0.717) is 23.5 Å². The number of likely N-dealkylation sites (tertiary alicyclic amines) is 1. The van der Waals surface area contributed by atoms with Gasteiger partial charge in [-0.2, -0.15) is 0 Å². The van der Waals surface area contributed by atoms with E-state index < -0.39 is 0 Å². The van der Waals surface area contributed by atoms with Gasteiger partial charge in [0.1, 0.15) is 10.7 Å². The maximum absolute atomic E-state index is 12.8. The van der Waals surface area contributed by atoms with Crippen LogP contribution in [0.1, 0.15) is 42.5 Å². The second-order valence-electron chi connectivity index (χ2n) is 6.85. The summed E-state index contributed by atoms with van der Waals surface area (Å²) in [6.45, 7) is 7.19. The number of rotatable bonds is 5. The van der Waals surface area contributed by atoms with E-state index in [1.54, 1.807) is 11.3 Å². The van der Waals surface area contributed by atoms with Gasteiger partial charge in [0.15, 0.2) is 0 Å². The number of amides is 1. The summed E-state index contributed by atoms with van der Waals surface area (Å²) in [7, 11) is 0. The van der Waals surface area contributed by atoms with Gasteiger partial charge in [-0.1, -0.05) is 0 Å². The molecule has 3 heterocycles. The van der Waals surface area contributed by atoms with Gasteiger partial charge in [-0.05, 0) is 45.6 Å². The molecule has 6 nitrogen and oxygen atoms in total. The predicted molar refractivity (Wildman–Crippen MR) is 116 cm³/mol. The Bertz CT molecular complexity index is 867. The summed E-state index contributed by atoms with van der Waals surface area (Å²) in [6, 6.07) is 0.158. The average Bonchev–Trinajstić information content (AvgIpc) is 2.93. The molecule has 1 aliphatic rings. The highest BCUT2D eigenvalue weighted by Crippen LogP contribution is 2.27. The first-order valence-corrected chi connectivity index (χ1v) is 10.9. The quantitative estimate of drug-likeness (QED) is 0.760. The van der Waals surface area contributed by atoms with Crippen LogP contribution >= 0.6 is 35.5 Å². The van der Waals surface area contributed by atoms with E-state index in [4.69, 9.17) is 5.73 Å². The molecule has 27 heavy (non-hydrogen) atoms. The molecule has 2 aromatic rings. The number of aromatic amines is 1. The molecule has 1 amide bonds. The van der Waals surface area contributed by atoms with Crippen molar-refractivity contribution in [2.24, 2.45) is 5.73 Å². The topological polar surface area (TPSA) is 92.1 Å². The number of H-pyrrole nitrogens is 1. The SMILES string of the molecule is Cc1sc2nc(CSC(C)C(=O)N3CCCCC3CN)[nH]c(=O)c2c1C.Cl. The van der Waals surface area contributed by atoms with Crippen LogP contribution in [0, 0.1) is 13.8 Å². The number of carbonyl (C=O) groups is 1. The number of nitrogens with two attached hydrogens (primary N) is 1. The van der Waals surface area contributed by atoms with E-state index in [9.17, 15) is 9.59 Å². The largest absolute Gasteiger partial charge is 0.337 e. The highest BCUT2D eigenvalue weighted by molar-refractivity contribution is 7.99. The smallest absolute Gasteiger partial charge is 0.259 e. The fourth-order valence-corrected chi connectivity index (χ4v) is 5.28. The zero-order valence-electron chi connectivity index (χ0n) is 15.9. The Kier molecular flexibility index (Phi) is 7.73. The Hall–Kier alpha value is -1.09. The molecule has 1 fully saturated rings. The summed E-state index contributed by atoms with van der Waals surface area (Å²) in [4.78, 5) is 36.4. The summed E-state index contributed by atoms with van der Waals surface area (Å²) in [6.07, 6.45) is 3.17. The van der Waals surface area contributed by atoms with E-state index in [0.717, 1.165) is 41.1 Å². The van der Waals surface area contributed by atoms with Gasteiger partial charge in [0.2, 0.25) is 5.91 Å². The van der Waals surface area contributed by atoms with Gasteiger partial charge < -0.3 is 15.6 Å². The molecule has 1 saturated heterocycles. The molecule has 2 atom stereocenters. The first kappa shape index (κ1) is 22.2. The summed E-state index contributed by atoms with van der Waals surface area (Å²) in [5.74, 6) is 1.27. The molecule has 3 rings (SSSR count). The van der Waals surface area contributed by atoms with Crippen molar-refractivity contribution >= 4 is 51.6 Å². The average molecular weight is 431 g/mol. The van der Waals surface area contributed by atoms with E-state index in [2.05, 4.69) is 9.97 Å². The Morgan fingerprint density at radius 2 is 2.19 bits per heavy atom. The van der Waals surface area contributed by atoms with Crippen molar-refractivity contribution in [3.8, 4) is 0 Å². The fourth-order valence-electron chi connectivity index (χ4n) is 3.41. The molecular formula is C18H27ClN4O2S2. The van der Waals surface area contributed by atoms with Gasteiger partial charge in [-0.15, -0.1) is 35.5 Å². The molecule has 0 bridgehead atoms. The van der Waals surface area contributed by atoms with Crippen molar-refractivity contribution in [2.45, 2.75) is 57.1 Å². The molecule has 0 aliphatic carbocycles. The Labute approximate surface area is 173 Å². The molecular weight excluding hydrogens is 404 g/mol. The van der Waals surface area contributed by atoms with Gasteiger partial charge in [-0.25, -0.2) is 4.98 Å². The molecule has 0 aromatic carbocycles. The highest BCUT2D eigenvalue weighted by atomic mass is 35.5. The van der Waals surface area contributed by atoms with E-state index in [1.807, 2.05) is 25.7 Å². The summed E-state index contributed by atoms with van der Waals surface area (Å²) < 4.78 is 0. The maximum atomic E-state index is 12.8.